The van der Waals surface area contributed by atoms with Gasteiger partial charge in [-0.2, -0.15) is 4.31 Å². The molecule has 0 unspecified atom stereocenters. The third kappa shape index (κ3) is 5.82. The Hall–Kier alpha value is -2.35. The Bertz CT molecular complexity index is 984. The van der Waals surface area contributed by atoms with E-state index in [0.717, 1.165) is 16.7 Å². The molecule has 0 heterocycles. The number of benzene rings is 2. The van der Waals surface area contributed by atoms with Gasteiger partial charge in [0.25, 0.3) is 0 Å². The van der Waals surface area contributed by atoms with Crippen molar-refractivity contribution >= 4 is 10.0 Å². The molecular weight excluding hydrogens is 366 g/mol. The van der Waals surface area contributed by atoms with E-state index in [1.54, 1.807) is 24.3 Å². The predicted octanol–water partition coefficient (Wildman–Crippen LogP) is 4.91. The fourth-order valence-electron chi connectivity index (χ4n) is 2.67. The van der Waals surface area contributed by atoms with E-state index < -0.39 is 10.0 Å². The monoisotopic (exact) mass is 395 g/mol. The summed E-state index contributed by atoms with van der Waals surface area (Å²) in [5, 5.41) is 0. The standard InChI is InChI=1S/C24H29NO2S/c1-19(2)18-25(28(26,27)23-15-9-20(3)10-16-23)17-7-8-21-11-13-22(14-12-21)24(4,5)6/h9-16H,1,17-18H2,2-6H3. The van der Waals surface area contributed by atoms with Gasteiger partial charge in [-0.1, -0.05) is 74.6 Å². The summed E-state index contributed by atoms with van der Waals surface area (Å²) in [4.78, 5) is 0.274. The van der Waals surface area contributed by atoms with Gasteiger partial charge >= 0.3 is 0 Å². The molecule has 0 amide bonds. The van der Waals surface area contributed by atoms with E-state index in [1.807, 2.05) is 26.0 Å². The molecule has 148 valence electrons. The van der Waals surface area contributed by atoms with Crippen LogP contribution in [0.2, 0.25) is 0 Å². The lowest BCUT2D eigenvalue weighted by atomic mass is 9.87. The summed E-state index contributed by atoms with van der Waals surface area (Å²) in [5.41, 5.74) is 3.99. The third-order valence-corrected chi connectivity index (χ3v) is 6.15. The Morgan fingerprint density at radius 2 is 1.61 bits per heavy atom. The van der Waals surface area contributed by atoms with E-state index in [1.165, 1.54) is 9.87 Å². The molecule has 0 aromatic heterocycles. The molecule has 0 radical (unpaired) electrons. The second kappa shape index (κ2) is 8.77. The summed E-state index contributed by atoms with van der Waals surface area (Å²) >= 11 is 0. The van der Waals surface area contributed by atoms with Crippen molar-refractivity contribution < 1.29 is 8.42 Å². The predicted molar refractivity (Wildman–Crippen MR) is 117 cm³/mol. The highest BCUT2D eigenvalue weighted by molar-refractivity contribution is 7.89. The van der Waals surface area contributed by atoms with Crippen LogP contribution in [0.25, 0.3) is 0 Å². The fraction of sp³-hybridized carbons (Fsp3) is 0.333. The molecule has 0 atom stereocenters. The van der Waals surface area contributed by atoms with Gasteiger partial charge in [-0.05, 0) is 49.1 Å². The Labute approximate surface area is 170 Å². The zero-order valence-electron chi connectivity index (χ0n) is 17.4. The van der Waals surface area contributed by atoms with Gasteiger partial charge in [0.2, 0.25) is 10.0 Å². The number of sulfonamides is 1. The molecule has 0 aliphatic rings. The highest BCUT2D eigenvalue weighted by Gasteiger charge is 2.23. The molecule has 2 aromatic rings. The Balaban J connectivity index is 2.23. The van der Waals surface area contributed by atoms with Crippen molar-refractivity contribution in [1.29, 1.82) is 0 Å². The van der Waals surface area contributed by atoms with E-state index in [2.05, 4.69) is 51.3 Å². The van der Waals surface area contributed by atoms with Crippen LogP contribution in [0.5, 0.6) is 0 Å². The van der Waals surface area contributed by atoms with Crippen LogP contribution in [0.1, 0.15) is 44.4 Å². The van der Waals surface area contributed by atoms with Crippen molar-refractivity contribution in [1.82, 2.24) is 4.31 Å². The highest BCUT2D eigenvalue weighted by Crippen LogP contribution is 2.22. The summed E-state index contributed by atoms with van der Waals surface area (Å²) < 4.78 is 27.4. The molecule has 2 rings (SSSR count). The number of nitrogens with zero attached hydrogens (tertiary/aromatic N) is 1. The Kier molecular flexibility index (Phi) is 6.87. The van der Waals surface area contributed by atoms with Crippen molar-refractivity contribution in [2.24, 2.45) is 0 Å². The summed E-state index contributed by atoms with van der Waals surface area (Å²) in [6, 6.07) is 15.0. The van der Waals surface area contributed by atoms with Gasteiger partial charge < -0.3 is 0 Å². The number of aryl methyl sites for hydroxylation is 1. The molecule has 0 spiro atoms. The van der Waals surface area contributed by atoms with E-state index in [9.17, 15) is 8.42 Å². The molecule has 3 nitrogen and oxygen atoms in total. The molecule has 0 bridgehead atoms. The van der Waals surface area contributed by atoms with E-state index in [4.69, 9.17) is 0 Å². The molecular formula is C24H29NO2S. The molecule has 28 heavy (non-hydrogen) atoms. The van der Waals surface area contributed by atoms with E-state index >= 15 is 0 Å². The van der Waals surface area contributed by atoms with Gasteiger partial charge in [0.1, 0.15) is 0 Å². The first kappa shape index (κ1) is 21.9. The number of hydrogen-bond donors (Lipinski definition) is 0. The molecule has 4 heteroatoms. The number of hydrogen-bond acceptors (Lipinski definition) is 2. The average molecular weight is 396 g/mol. The van der Waals surface area contributed by atoms with Crippen molar-refractivity contribution in [3.05, 3.63) is 77.4 Å². The van der Waals surface area contributed by atoms with Gasteiger partial charge in [-0.3, -0.25) is 0 Å². The first-order chi connectivity index (χ1) is 13.0. The maximum Gasteiger partial charge on any atom is 0.244 e. The van der Waals surface area contributed by atoms with Crippen LogP contribution in [-0.4, -0.2) is 25.8 Å². The summed E-state index contributed by atoms with van der Waals surface area (Å²) in [5.74, 6) is 6.08. The van der Waals surface area contributed by atoms with Crippen molar-refractivity contribution in [2.45, 2.75) is 44.9 Å². The highest BCUT2D eigenvalue weighted by atomic mass is 32.2. The Morgan fingerprint density at radius 1 is 1.04 bits per heavy atom. The smallest absolute Gasteiger partial charge is 0.207 e. The maximum absolute atomic E-state index is 13.0. The third-order valence-electron chi connectivity index (χ3n) is 4.34. The van der Waals surface area contributed by atoms with Crippen LogP contribution in [0.4, 0.5) is 0 Å². The minimum Gasteiger partial charge on any atom is -0.207 e. The van der Waals surface area contributed by atoms with Crippen molar-refractivity contribution in [3.63, 3.8) is 0 Å². The topological polar surface area (TPSA) is 37.4 Å². The summed E-state index contributed by atoms with van der Waals surface area (Å²) in [6.45, 7) is 14.5. The van der Waals surface area contributed by atoms with E-state index in [-0.39, 0.29) is 23.4 Å². The normalized spacial score (nSPS) is 11.8. The second-order valence-electron chi connectivity index (χ2n) is 8.17. The lowest BCUT2D eigenvalue weighted by molar-refractivity contribution is 0.471. The lowest BCUT2D eigenvalue weighted by Gasteiger charge is -2.20. The minimum atomic E-state index is -3.62. The molecule has 0 saturated heterocycles. The van der Waals surface area contributed by atoms with Crippen molar-refractivity contribution in [3.8, 4) is 11.8 Å². The molecule has 0 saturated carbocycles. The minimum absolute atomic E-state index is 0.0896. The quantitative estimate of drug-likeness (QED) is 0.533. The molecule has 0 fully saturated rings. The second-order valence-corrected chi connectivity index (χ2v) is 10.1. The maximum atomic E-state index is 13.0. The first-order valence-electron chi connectivity index (χ1n) is 9.31. The van der Waals surface area contributed by atoms with Gasteiger partial charge in [0.15, 0.2) is 0 Å². The van der Waals surface area contributed by atoms with E-state index in [0.29, 0.717) is 0 Å². The molecule has 0 N–H and O–H groups in total. The Morgan fingerprint density at radius 3 is 2.11 bits per heavy atom. The molecule has 0 aliphatic heterocycles. The zero-order valence-corrected chi connectivity index (χ0v) is 18.2. The SMILES string of the molecule is C=C(C)CN(CC#Cc1ccc(C(C)(C)C)cc1)S(=O)(=O)c1ccc(C)cc1. The van der Waals surface area contributed by atoms with Crippen LogP contribution in [0.15, 0.2) is 65.6 Å². The molecule has 0 aliphatic carbocycles. The van der Waals surface area contributed by atoms with Crippen LogP contribution in [0.3, 0.4) is 0 Å². The fourth-order valence-corrected chi connectivity index (χ4v) is 4.07. The van der Waals surface area contributed by atoms with Crippen LogP contribution in [0, 0.1) is 18.8 Å². The van der Waals surface area contributed by atoms with Crippen LogP contribution in [-0.2, 0) is 15.4 Å². The van der Waals surface area contributed by atoms with Gasteiger partial charge in [0, 0.05) is 12.1 Å². The average Bonchev–Trinajstić information content (AvgIpc) is 2.60. The largest absolute Gasteiger partial charge is 0.244 e. The van der Waals surface area contributed by atoms with Gasteiger partial charge in [-0.25, -0.2) is 8.42 Å². The lowest BCUT2D eigenvalue weighted by Crippen LogP contribution is -2.32. The van der Waals surface area contributed by atoms with Gasteiger partial charge in [-0.15, -0.1) is 0 Å². The van der Waals surface area contributed by atoms with Crippen LogP contribution >= 0.6 is 0 Å². The summed E-state index contributed by atoms with van der Waals surface area (Å²) in [7, 11) is -3.62. The molecule has 2 aromatic carbocycles. The van der Waals surface area contributed by atoms with Crippen LogP contribution < -0.4 is 0 Å². The zero-order chi connectivity index (χ0) is 20.9. The van der Waals surface area contributed by atoms with Crippen molar-refractivity contribution in [2.75, 3.05) is 13.1 Å². The first-order valence-corrected chi connectivity index (χ1v) is 10.7. The van der Waals surface area contributed by atoms with Gasteiger partial charge in [0.05, 0.1) is 11.4 Å². The number of rotatable bonds is 5. The summed E-state index contributed by atoms with van der Waals surface area (Å²) in [6.07, 6.45) is 0.